The first kappa shape index (κ1) is 20.4. The summed E-state index contributed by atoms with van der Waals surface area (Å²) >= 11 is 0. The second-order valence-corrected chi connectivity index (χ2v) is 5.16. The van der Waals surface area contributed by atoms with Crippen LogP contribution < -0.4 is 10.6 Å². The van der Waals surface area contributed by atoms with E-state index in [0.29, 0.717) is 6.54 Å². The number of imidazole rings is 1. The molecule has 1 heterocycles. The molecule has 0 saturated carbocycles. The third kappa shape index (κ3) is 6.88. The van der Waals surface area contributed by atoms with Gasteiger partial charge in [0.05, 0.1) is 6.54 Å². The Bertz CT molecular complexity index is 600. The minimum absolute atomic E-state index is 0. The van der Waals surface area contributed by atoms with E-state index >= 15 is 0 Å². The minimum Gasteiger partial charge on any atom is -0.385 e. The van der Waals surface area contributed by atoms with E-state index in [2.05, 4.69) is 49.4 Å². The van der Waals surface area contributed by atoms with Crippen LogP contribution in [0, 0.1) is 0 Å². The maximum absolute atomic E-state index is 5.03. The van der Waals surface area contributed by atoms with Gasteiger partial charge in [-0.25, -0.2) is 4.98 Å². The highest BCUT2D eigenvalue weighted by Crippen LogP contribution is 2.05. The van der Waals surface area contributed by atoms with E-state index in [9.17, 15) is 0 Å². The van der Waals surface area contributed by atoms with Gasteiger partial charge in [-0.05, 0) is 12.0 Å². The van der Waals surface area contributed by atoms with E-state index in [1.807, 2.05) is 18.5 Å². The van der Waals surface area contributed by atoms with Crippen LogP contribution in [0.5, 0.6) is 0 Å². The molecule has 0 saturated heterocycles. The van der Waals surface area contributed by atoms with Crippen LogP contribution in [0.15, 0.2) is 47.7 Å². The number of halogens is 1. The van der Waals surface area contributed by atoms with Gasteiger partial charge in [0.1, 0.15) is 5.82 Å². The van der Waals surface area contributed by atoms with Crippen molar-refractivity contribution in [3.63, 3.8) is 0 Å². The molecule has 0 spiro atoms. The first-order valence-corrected chi connectivity index (χ1v) is 7.81. The van der Waals surface area contributed by atoms with Crippen molar-refractivity contribution in [2.45, 2.75) is 19.5 Å². The fourth-order valence-electron chi connectivity index (χ4n) is 2.24. The number of guanidine groups is 1. The van der Waals surface area contributed by atoms with Crippen molar-refractivity contribution in [1.82, 2.24) is 20.2 Å². The molecule has 2 aromatic rings. The van der Waals surface area contributed by atoms with Gasteiger partial charge in [-0.2, -0.15) is 0 Å². The Morgan fingerprint density at radius 3 is 2.75 bits per heavy atom. The monoisotopic (exact) mass is 443 g/mol. The molecule has 2 rings (SSSR count). The Hall–Kier alpha value is -1.61. The molecule has 7 heteroatoms. The Balaban J connectivity index is 0.00000288. The largest absolute Gasteiger partial charge is 0.385 e. The van der Waals surface area contributed by atoms with Gasteiger partial charge in [0.25, 0.3) is 0 Å². The zero-order chi connectivity index (χ0) is 16.3. The number of ether oxygens (including phenoxy) is 1. The first-order chi connectivity index (χ1) is 11.3. The molecule has 0 fully saturated rings. The summed E-state index contributed by atoms with van der Waals surface area (Å²) in [5.41, 5.74) is 1.26. The van der Waals surface area contributed by atoms with Crippen LogP contribution in [-0.4, -0.2) is 42.8 Å². The molecule has 0 amide bonds. The van der Waals surface area contributed by atoms with Crippen LogP contribution in [0.25, 0.3) is 0 Å². The topological polar surface area (TPSA) is 63.5 Å². The maximum Gasteiger partial charge on any atom is 0.191 e. The van der Waals surface area contributed by atoms with E-state index in [1.54, 1.807) is 14.2 Å². The van der Waals surface area contributed by atoms with Crippen LogP contribution in [0.2, 0.25) is 0 Å². The summed E-state index contributed by atoms with van der Waals surface area (Å²) in [6, 6.07) is 10.4. The summed E-state index contributed by atoms with van der Waals surface area (Å²) in [6.07, 6.45) is 4.77. The average Bonchev–Trinajstić information content (AvgIpc) is 3.02. The Morgan fingerprint density at radius 1 is 1.25 bits per heavy atom. The average molecular weight is 443 g/mol. The molecule has 24 heavy (non-hydrogen) atoms. The van der Waals surface area contributed by atoms with Gasteiger partial charge in [-0.1, -0.05) is 30.3 Å². The predicted molar refractivity (Wildman–Crippen MR) is 108 cm³/mol. The lowest BCUT2D eigenvalue weighted by molar-refractivity contribution is 0.195. The molecule has 132 valence electrons. The number of methoxy groups -OCH3 is 1. The van der Waals surface area contributed by atoms with Crippen LogP contribution >= 0.6 is 24.0 Å². The van der Waals surface area contributed by atoms with Crippen molar-refractivity contribution in [2.75, 3.05) is 27.3 Å². The summed E-state index contributed by atoms with van der Waals surface area (Å²) in [5.74, 6) is 1.75. The lowest BCUT2D eigenvalue weighted by atomic mass is 10.2. The molecule has 0 aliphatic rings. The van der Waals surface area contributed by atoms with Crippen molar-refractivity contribution in [3.05, 3.63) is 54.1 Å². The number of hydrogen-bond donors (Lipinski definition) is 2. The molecule has 0 atom stereocenters. The normalized spacial score (nSPS) is 11.0. The molecular formula is C17H26IN5O. The smallest absolute Gasteiger partial charge is 0.191 e. The van der Waals surface area contributed by atoms with Gasteiger partial charge in [0.2, 0.25) is 0 Å². The lowest BCUT2D eigenvalue weighted by Gasteiger charge is -2.13. The summed E-state index contributed by atoms with van der Waals surface area (Å²) in [7, 11) is 3.47. The molecule has 1 aromatic heterocycles. The maximum atomic E-state index is 5.03. The predicted octanol–water partition coefficient (Wildman–Crippen LogP) is 2.25. The Labute approximate surface area is 160 Å². The van der Waals surface area contributed by atoms with Gasteiger partial charge in [0, 0.05) is 46.2 Å². The van der Waals surface area contributed by atoms with E-state index < -0.39 is 0 Å². The van der Waals surface area contributed by atoms with Crippen molar-refractivity contribution < 1.29 is 4.74 Å². The molecule has 0 unspecified atom stereocenters. The van der Waals surface area contributed by atoms with E-state index in [1.165, 1.54) is 5.56 Å². The third-order valence-electron chi connectivity index (χ3n) is 3.45. The van der Waals surface area contributed by atoms with Crippen molar-refractivity contribution in [1.29, 1.82) is 0 Å². The highest BCUT2D eigenvalue weighted by molar-refractivity contribution is 14.0. The second-order valence-electron chi connectivity index (χ2n) is 5.16. The Kier molecular flexibility index (Phi) is 10.1. The van der Waals surface area contributed by atoms with Crippen molar-refractivity contribution in [3.8, 4) is 0 Å². The van der Waals surface area contributed by atoms with Crippen LogP contribution in [-0.2, 0) is 17.8 Å². The molecule has 6 nitrogen and oxygen atoms in total. The third-order valence-corrected chi connectivity index (χ3v) is 3.45. The van der Waals surface area contributed by atoms with Crippen molar-refractivity contribution in [2.24, 2.45) is 4.99 Å². The number of aliphatic imine (C=N–C) groups is 1. The fraction of sp³-hybridized carbons (Fsp3) is 0.412. The molecule has 0 bridgehead atoms. The number of rotatable bonds is 8. The Morgan fingerprint density at radius 2 is 2.04 bits per heavy atom. The highest BCUT2D eigenvalue weighted by atomic mass is 127. The van der Waals surface area contributed by atoms with Gasteiger partial charge < -0.3 is 19.9 Å². The number of hydrogen-bond acceptors (Lipinski definition) is 3. The standard InChI is InChI=1S/C17H25N5O.HI/c1-18-17(20-9-6-12-23-2)21-13-16-19-10-11-22(16)14-15-7-4-3-5-8-15;/h3-5,7-8,10-11H,6,9,12-14H2,1-2H3,(H2,18,20,21);1H. The molecule has 1 aromatic carbocycles. The number of aromatic nitrogens is 2. The SMILES string of the molecule is CN=C(NCCCOC)NCc1nccn1Cc1ccccc1.I. The zero-order valence-electron chi connectivity index (χ0n) is 14.2. The molecule has 0 radical (unpaired) electrons. The van der Waals surface area contributed by atoms with E-state index in [4.69, 9.17) is 4.74 Å². The highest BCUT2D eigenvalue weighted by Gasteiger charge is 2.05. The number of benzene rings is 1. The van der Waals surface area contributed by atoms with Crippen molar-refractivity contribution >= 4 is 29.9 Å². The summed E-state index contributed by atoms with van der Waals surface area (Å²) in [4.78, 5) is 8.64. The fourth-order valence-corrected chi connectivity index (χ4v) is 2.24. The minimum atomic E-state index is 0. The summed E-state index contributed by atoms with van der Waals surface area (Å²) in [6.45, 7) is 3.01. The van der Waals surface area contributed by atoms with E-state index in [0.717, 1.165) is 37.9 Å². The second kappa shape index (κ2) is 11.9. The molecule has 2 N–H and O–H groups in total. The lowest BCUT2D eigenvalue weighted by Crippen LogP contribution is -2.38. The van der Waals surface area contributed by atoms with Crippen LogP contribution in [0.4, 0.5) is 0 Å². The summed E-state index contributed by atoms with van der Waals surface area (Å²) in [5, 5.41) is 6.55. The van der Waals surface area contributed by atoms with Gasteiger partial charge in [-0.15, -0.1) is 24.0 Å². The quantitative estimate of drug-likeness (QED) is 0.285. The summed E-state index contributed by atoms with van der Waals surface area (Å²) < 4.78 is 7.17. The van der Waals surface area contributed by atoms with E-state index in [-0.39, 0.29) is 24.0 Å². The molecule has 0 aliphatic heterocycles. The van der Waals surface area contributed by atoms with Crippen LogP contribution in [0.1, 0.15) is 17.8 Å². The number of nitrogens with zero attached hydrogens (tertiary/aromatic N) is 3. The zero-order valence-corrected chi connectivity index (χ0v) is 16.6. The molecular weight excluding hydrogens is 417 g/mol. The van der Waals surface area contributed by atoms with Gasteiger partial charge in [0.15, 0.2) is 5.96 Å². The molecule has 0 aliphatic carbocycles. The number of nitrogens with one attached hydrogen (secondary N) is 2. The van der Waals surface area contributed by atoms with Gasteiger partial charge >= 0.3 is 0 Å². The first-order valence-electron chi connectivity index (χ1n) is 7.81. The van der Waals surface area contributed by atoms with Gasteiger partial charge in [-0.3, -0.25) is 4.99 Å². The van der Waals surface area contributed by atoms with Crippen LogP contribution in [0.3, 0.4) is 0 Å².